The number of benzene rings is 3. The van der Waals surface area contributed by atoms with Crippen molar-refractivity contribution < 1.29 is 18.0 Å². The van der Waals surface area contributed by atoms with Crippen LogP contribution in [0.4, 0.5) is 5.69 Å². The van der Waals surface area contributed by atoms with Crippen LogP contribution in [0.25, 0.3) is 0 Å². The lowest BCUT2D eigenvalue weighted by molar-refractivity contribution is -0.139. The molecular formula is C31H38ClN3O4S. The van der Waals surface area contributed by atoms with Crippen LogP contribution in [-0.2, 0) is 26.0 Å². The minimum absolute atomic E-state index is 0.0613. The molecule has 3 rings (SSSR count). The van der Waals surface area contributed by atoms with Gasteiger partial charge in [0.15, 0.2) is 0 Å². The van der Waals surface area contributed by atoms with E-state index in [4.69, 9.17) is 11.6 Å². The van der Waals surface area contributed by atoms with E-state index in [1.54, 1.807) is 30.3 Å². The second kappa shape index (κ2) is 14.3. The fraction of sp³-hybridized carbons (Fsp3) is 0.355. The van der Waals surface area contributed by atoms with Crippen LogP contribution < -0.4 is 9.62 Å². The number of carbonyl (C=O) groups excluding carboxylic acids is 2. The number of anilines is 1. The van der Waals surface area contributed by atoms with Crippen LogP contribution in [0.5, 0.6) is 0 Å². The van der Waals surface area contributed by atoms with Crippen molar-refractivity contribution in [3.05, 3.63) is 94.5 Å². The summed E-state index contributed by atoms with van der Waals surface area (Å²) in [4.78, 5) is 28.7. The Balaban J connectivity index is 2.02. The van der Waals surface area contributed by atoms with E-state index in [0.29, 0.717) is 24.4 Å². The largest absolute Gasteiger partial charge is 0.354 e. The number of hydrogen-bond acceptors (Lipinski definition) is 4. The third-order valence-electron chi connectivity index (χ3n) is 6.75. The van der Waals surface area contributed by atoms with E-state index in [9.17, 15) is 18.0 Å². The molecule has 0 aliphatic heterocycles. The third kappa shape index (κ3) is 7.86. The smallest absolute Gasteiger partial charge is 0.264 e. The molecule has 9 heteroatoms. The van der Waals surface area contributed by atoms with Gasteiger partial charge in [-0.15, -0.1) is 0 Å². The fourth-order valence-electron chi connectivity index (χ4n) is 4.37. The Hall–Kier alpha value is -3.36. The molecule has 0 radical (unpaired) electrons. The van der Waals surface area contributed by atoms with Crippen molar-refractivity contribution in [3.8, 4) is 0 Å². The van der Waals surface area contributed by atoms with Crippen molar-refractivity contribution in [3.63, 3.8) is 0 Å². The minimum atomic E-state index is -4.14. The van der Waals surface area contributed by atoms with Gasteiger partial charge in [-0.1, -0.05) is 79.5 Å². The molecule has 7 nitrogen and oxygen atoms in total. The summed E-state index contributed by atoms with van der Waals surface area (Å²) >= 11 is 6.38. The van der Waals surface area contributed by atoms with E-state index in [-0.39, 0.29) is 23.0 Å². The molecular weight excluding hydrogens is 546 g/mol. The Bertz CT molecular complexity index is 1400. The molecule has 3 aromatic rings. The van der Waals surface area contributed by atoms with E-state index < -0.39 is 28.5 Å². The van der Waals surface area contributed by atoms with E-state index in [1.807, 2.05) is 58.0 Å². The number of amides is 2. The molecule has 0 saturated heterocycles. The number of hydrogen-bond donors (Lipinski definition) is 1. The first-order valence-corrected chi connectivity index (χ1v) is 15.4. The Labute approximate surface area is 243 Å². The molecule has 0 saturated carbocycles. The number of sulfonamides is 1. The molecule has 40 heavy (non-hydrogen) atoms. The zero-order valence-electron chi connectivity index (χ0n) is 23.6. The van der Waals surface area contributed by atoms with Gasteiger partial charge in [-0.2, -0.15) is 0 Å². The number of nitrogens with zero attached hydrogens (tertiary/aromatic N) is 2. The summed E-state index contributed by atoms with van der Waals surface area (Å²) in [5.74, 6) is -0.723. The van der Waals surface area contributed by atoms with Crippen LogP contribution in [0.2, 0.25) is 5.02 Å². The van der Waals surface area contributed by atoms with Gasteiger partial charge in [0.1, 0.15) is 12.6 Å². The number of rotatable bonds is 13. The summed E-state index contributed by atoms with van der Waals surface area (Å²) in [6.07, 6.45) is 1.67. The highest BCUT2D eigenvalue weighted by Gasteiger charge is 2.33. The highest BCUT2D eigenvalue weighted by Crippen LogP contribution is 2.28. The van der Waals surface area contributed by atoms with Crippen LogP contribution in [0, 0.1) is 13.8 Å². The molecule has 2 amide bonds. The lowest BCUT2D eigenvalue weighted by Gasteiger charge is -2.33. The zero-order chi connectivity index (χ0) is 29.3. The number of nitrogens with one attached hydrogen (secondary N) is 1. The molecule has 0 aliphatic rings. The van der Waals surface area contributed by atoms with Crippen LogP contribution in [-0.4, -0.2) is 50.8 Å². The number of aryl methyl sites for hydroxylation is 2. The summed E-state index contributed by atoms with van der Waals surface area (Å²) in [7, 11) is -4.14. The van der Waals surface area contributed by atoms with Gasteiger partial charge >= 0.3 is 0 Å². The van der Waals surface area contributed by atoms with Gasteiger partial charge in [-0.3, -0.25) is 13.9 Å². The maximum atomic E-state index is 14.0. The van der Waals surface area contributed by atoms with E-state index in [2.05, 4.69) is 5.32 Å². The van der Waals surface area contributed by atoms with Crippen molar-refractivity contribution in [2.45, 2.75) is 57.9 Å². The SMILES string of the molecule is CCCNC(=O)[C@H](CC)N(CCc1ccccc1)C(=O)CN(c1ccc(C)c(Cl)c1)S(=O)(=O)c1ccc(C)cc1. The average molecular weight is 584 g/mol. The lowest BCUT2D eigenvalue weighted by Crippen LogP contribution is -2.53. The predicted molar refractivity (Wildman–Crippen MR) is 161 cm³/mol. The Morgan fingerprint density at radius 1 is 0.950 bits per heavy atom. The van der Waals surface area contributed by atoms with Crippen LogP contribution >= 0.6 is 11.6 Å². The maximum Gasteiger partial charge on any atom is 0.264 e. The molecule has 3 aromatic carbocycles. The van der Waals surface area contributed by atoms with Gasteiger partial charge in [0.25, 0.3) is 10.0 Å². The van der Waals surface area contributed by atoms with Crippen LogP contribution in [0.1, 0.15) is 43.4 Å². The van der Waals surface area contributed by atoms with Crippen molar-refractivity contribution >= 4 is 39.1 Å². The van der Waals surface area contributed by atoms with Crippen LogP contribution in [0.3, 0.4) is 0 Å². The molecule has 214 valence electrons. The first-order chi connectivity index (χ1) is 19.1. The van der Waals surface area contributed by atoms with Gasteiger partial charge in [0, 0.05) is 18.1 Å². The third-order valence-corrected chi connectivity index (χ3v) is 8.95. The molecule has 1 N–H and O–H groups in total. The summed E-state index contributed by atoms with van der Waals surface area (Å²) in [5, 5.41) is 3.28. The summed E-state index contributed by atoms with van der Waals surface area (Å²) in [5.41, 5.74) is 2.98. The molecule has 0 aromatic heterocycles. The Morgan fingerprint density at radius 2 is 1.62 bits per heavy atom. The molecule has 0 aliphatic carbocycles. The van der Waals surface area contributed by atoms with Crippen molar-refractivity contribution in [1.82, 2.24) is 10.2 Å². The van der Waals surface area contributed by atoms with Crippen molar-refractivity contribution in [2.24, 2.45) is 0 Å². The summed E-state index contributed by atoms with van der Waals surface area (Å²) < 4.78 is 28.9. The quantitative estimate of drug-likeness (QED) is 0.287. The second-order valence-corrected chi connectivity index (χ2v) is 12.1. The standard InChI is InChI=1S/C31H38ClN3O4S/c1-5-19-33-31(37)29(6-2)34(20-18-25-10-8-7-9-11-25)30(36)22-35(26-15-14-24(4)28(32)21-26)40(38,39)27-16-12-23(3)13-17-27/h7-17,21,29H,5-6,18-20,22H2,1-4H3,(H,33,37)/t29-/m0/s1. The van der Waals surface area contributed by atoms with Crippen LogP contribution in [0.15, 0.2) is 77.7 Å². The molecule has 1 atom stereocenters. The molecule has 0 unspecified atom stereocenters. The van der Waals surface area contributed by atoms with Gasteiger partial charge in [0.2, 0.25) is 11.8 Å². The Morgan fingerprint density at radius 3 is 2.23 bits per heavy atom. The van der Waals surface area contributed by atoms with Gasteiger partial charge in [-0.25, -0.2) is 8.42 Å². The van der Waals surface area contributed by atoms with Crippen molar-refractivity contribution in [1.29, 1.82) is 0 Å². The van der Waals surface area contributed by atoms with Crippen molar-refractivity contribution in [2.75, 3.05) is 23.9 Å². The first kappa shape index (κ1) is 31.2. The topological polar surface area (TPSA) is 86.8 Å². The number of halogens is 1. The molecule has 0 heterocycles. The highest BCUT2D eigenvalue weighted by molar-refractivity contribution is 7.92. The second-order valence-electron chi connectivity index (χ2n) is 9.80. The van der Waals surface area contributed by atoms with Gasteiger partial charge < -0.3 is 10.2 Å². The molecule has 0 fully saturated rings. The summed E-state index contributed by atoms with van der Waals surface area (Å²) in [6.45, 7) is 7.76. The Kier molecular flexibility index (Phi) is 11.2. The summed E-state index contributed by atoms with van der Waals surface area (Å²) in [6, 6.07) is 20.3. The average Bonchev–Trinajstić information content (AvgIpc) is 2.94. The highest BCUT2D eigenvalue weighted by atomic mass is 35.5. The normalized spacial score (nSPS) is 12.0. The molecule has 0 bridgehead atoms. The van der Waals surface area contributed by atoms with E-state index >= 15 is 0 Å². The fourth-order valence-corrected chi connectivity index (χ4v) is 5.95. The van der Waals surface area contributed by atoms with E-state index in [1.165, 1.54) is 17.0 Å². The monoisotopic (exact) mass is 583 g/mol. The van der Waals surface area contributed by atoms with Gasteiger partial charge in [-0.05, 0) is 68.5 Å². The molecule has 0 spiro atoms. The predicted octanol–water partition coefficient (Wildman–Crippen LogP) is 5.53. The van der Waals surface area contributed by atoms with E-state index in [0.717, 1.165) is 27.4 Å². The minimum Gasteiger partial charge on any atom is -0.354 e. The number of carbonyl (C=O) groups is 2. The lowest BCUT2D eigenvalue weighted by atomic mass is 10.1. The van der Waals surface area contributed by atoms with Gasteiger partial charge in [0.05, 0.1) is 10.6 Å². The zero-order valence-corrected chi connectivity index (χ0v) is 25.1. The maximum absolute atomic E-state index is 14.0. The first-order valence-electron chi connectivity index (χ1n) is 13.5.